The fraction of sp³-hybridized carbons (Fsp3) is 0.379. The van der Waals surface area contributed by atoms with Gasteiger partial charge in [-0.1, -0.05) is 26.8 Å². The molecule has 0 bridgehead atoms. The van der Waals surface area contributed by atoms with E-state index >= 15 is 0 Å². The van der Waals surface area contributed by atoms with Gasteiger partial charge in [-0.2, -0.15) is 0 Å². The highest BCUT2D eigenvalue weighted by molar-refractivity contribution is 5.83. The molecule has 8 nitrogen and oxygen atoms in total. The van der Waals surface area contributed by atoms with Crippen LogP contribution in [0.15, 0.2) is 55.0 Å². The molecule has 37 heavy (non-hydrogen) atoms. The summed E-state index contributed by atoms with van der Waals surface area (Å²) in [7, 11) is 1.66. The number of hydrogen-bond acceptors (Lipinski definition) is 6. The molecule has 4 aromatic rings. The molecule has 0 aliphatic carbocycles. The van der Waals surface area contributed by atoms with E-state index < -0.39 is 0 Å². The standard InChI is InChI=1S/C29H34N6O2/c1-29(2,3)28(36)35-13-11-34(12-14-35)19-20-7-10-31-22(15-20)17-27-32-24-6-5-21(16-25(24)33-27)23-8-9-30-18-26(23)37-4/h5-10,15-16,18H,11-14,17,19H2,1-4H3,(H,32,33). The number of benzene rings is 1. The van der Waals surface area contributed by atoms with Crippen molar-refractivity contribution >= 4 is 16.9 Å². The SMILES string of the molecule is COc1cnccc1-c1ccc2nc(Cc3cc(CN4CCN(C(=O)C(C)(C)C)CC4)ccn3)[nH]c2c1. The van der Waals surface area contributed by atoms with Gasteiger partial charge in [0.15, 0.2) is 0 Å². The van der Waals surface area contributed by atoms with Crippen molar-refractivity contribution in [3.63, 3.8) is 0 Å². The molecule has 3 aromatic heterocycles. The summed E-state index contributed by atoms with van der Waals surface area (Å²) in [5, 5.41) is 0. The Morgan fingerprint density at radius 3 is 2.62 bits per heavy atom. The van der Waals surface area contributed by atoms with E-state index in [2.05, 4.69) is 44.1 Å². The first-order chi connectivity index (χ1) is 17.8. The first kappa shape index (κ1) is 24.9. The lowest BCUT2D eigenvalue weighted by Crippen LogP contribution is -2.51. The lowest BCUT2D eigenvalue weighted by Gasteiger charge is -2.37. The zero-order valence-corrected chi connectivity index (χ0v) is 22.0. The second-order valence-electron chi connectivity index (χ2n) is 10.6. The van der Waals surface area contributed by atoms with E-state index in [1.54, 1.807) is 19.5 Å². The van der Waals surface area contributed by atoms with Crippen molar-refractivity contribution in [3.8, 4) is 16.9 Å². The number of hydrogen-bond donors (Lipinski definition) is 1. The predicted molar refractivity (Wildman–Crippen MR) is 144 cm³/mol. The van der Waals surface area contributed by atoms with Crippen molar-refractivity contribution in [2.24, 2.45) is 5.41 Å². The number of imidazole rings is 1. The van der Waals surface area contributed by atoms with Crippen LogP contribution in [0.4, 0.5) is 0 Å². The van der Waals surface area contributed by atoms with E-state index in [1.807, 2.05) is 44.0 Å². The number of nitrogens with zero attached hydrogens (tertiary/aromatic N) is 5. The number of nitrogens with one attached hydrogen (secondary N) is 1. The number of rotatable bonds is 6. The molecule has 1 N–H and O–H groups in total. The van der Waals surface area contributed by atoms with Gasteiger partial charge in [-0.25, -0.2) is 4.98 Å². The van der Waals surface area contributed by atoms with Gasteiger partial charge < -0.3 is 14.6 Å². The highest BCUT2D eigenvalue weighted by atomic mass is 16.5. The molecule has 0 unspecified atom stereocenters. The van der Waals surface area contributed by atoms with Crippen molar-refractivity contribution in [1.29, 1.82) is 0 Å². The van der Waals surface area contributed by atoms with Crippen molar-refractivity contribution < 1.29 is 9.53 Å². The van der Waals surface area contributed by atoms with Gasteiger partial charge in [0.1, 0.15) is 11.6 Å². The number of aromatic amines is 1. The van der Waals surface area contributed by atoms with E-state index in [1.165, 1.54) is 5.56 Å². The molecule has 192 valence electrons. The molecule has 1 aliphatic heterocycles. The van der Waals surface area contributed by atoms with Crippen LogP contribution in [-0.4, -0.2) is 68.9 Å². The summed E-state index contributed by atoms with van der Waals surface area (Å²) in [6, 6.07) is 12.4. The Morgan fingerprint density at radius 1 is 1.05 bits per heavy atom. The number of carbonyl (C=O) groups excluding carboxylic acids is 1. The number of aromatic nitrogens is 4. The van der Waals surface area contributed by atoms with Crippen LogP contribution in [0.25, 0.3) is 22.2 Å². The van der Waals surface area contributed by atoms with Crippen LogP contribution in [0, 0.1) is 5.41 Å². The van der Waals surface area contributed by atoms with E-state index in [-0.39, 0.29) is 11.3 Å². The molecule has 0 atom stereocenters. The molecule has 0 spiro atoms. The van der Waals surface area contributed by atoms with Gasteiger partial charge in [0.25, 0.3) is 0 Å². The minimum atomic E-state index is -0.327. The zero-order valence-electron chi connectivity index (χ0n) is 22.0. The van der Waals surface area contributed by atoms with Crippen LogP contribution in [-0.2, 0) is 17.8 Å². The molecule has 5 rings (SSSR count). The summed E-state index contributed by atoms with van der Waals surface area (Å²) in [5.74, 6) is 1.86. The summed E-state index contributed by atoms with van der Waals surface area (Å²) in [4.78, 5) is 34.0. The molecule has 1 aromatic carbocycles. The highest BCUT2D eigenvalue weighted by Crippen LogP contribution is 2.30. The van der Waals surface area contributed by atoms with Crippen LogP contribution in [0.3, 0.4) is 0 Å². The number of fused-ring (bicyclic) bond motifs is 1. The number of H-pyrrole nitrogens is 1. The lowest BCUT2D eigenvalue weighted by atomic mass is 9.94. The van der Waals surface area contributed by atoms with Crippen LogP contribution in [0.2, 0.25) is 0 Å². The third-order valence-corrected chi connectivity index (χ3v) is 6.78. The van der Waals surface area contributed by atoms with Gasteiger partial charge in [-0.15, -0.1) is 0 Å². The Kier molecular flexibility index (Phi) is 6.93. The van der Waals surface area contributed by atoms with Crippen molar-refractivity contribution in [2.45, 2.75) is 33.7 Å². The second kappa shape index (κ2) is 10.3. The molecule has 1 saturated heterocycles. The Balaban J connectivity index is 1.25. The molecule has 1 fully saturated rings. The number of piperazine rings is 1. The summed E-state index contributed by atoms with van der Waals surface area (Å²) < 4.78 is 5.47. The minimum Gasteiger partial charge on any atom is -0.494 e. The summed E-state index contributed by atoms with van der Waals surface area (Å²) in [6.45, 7) is 10.1. The molecule has 8 heteroatoms. The summed E-state index contributed by atoms with van der Waals surface area (Å²) >= 11 is 0. The fourth-order valence-corrected chi connectivity index (χ4v) is 4.83. The average molecular weight is 499 g/mol. The lowest BCUT2D eigenvalue weighted by molar-refractivity contribution is -0.141. The van der Waals surface area contributed by atoms with Gasteiger partial charge in [-0.05, 0) is 41.5 Å². The van der Waals surface area contributed by atoms with Gasteiger partial charge in [0.05, 0.1) is 24.3 Å². The monoisotopic (exact) mass is 498 g/mol. The molecular formula is C29H34N6O2. The van der Waals surface area contributed by atoms with Crippen LogP contribution in [0.5, 0.6) is 5.75 Å². The summed E-state index contributed by atoms with van der Waals surface area (Å²) in [5.41, 5.74) is 5.82. The quantitative estimate of drug-likeness (QED) is 0.426. The number of amides is 1. The second-order valence-corrected chi connectivity index (χ2v) is 10.6. The van der Waals surface area contributed by atoms with E-state index in [0.717, 1.165) is 72.2 Å². The van der Waals surface area contributed by atoms with E-state index in [9.17, 15) is 4.79 Å². The Hall–Kier alpha value is -3.78. The first-order valence-corrected chi connectivity index (χ1v) is 12.7. The Bertz CT molecular complexity index is 1400. The van der Waals surface area contributed by atoms with Crippen molar-refractivity contribution in [3.05, 3.63) is 72.1 Å². The molecule has 1 amide bonds. The minimum absolute atomic E-state index is 0.233. The maximum atomic E-state index is 12.6. The molecule has 0 radical (unpaired) electrons. The number of ether oxygens (including phenoxy) is 1. The highest BCUT2D eigenvalue weighted by Gasteiger charge is 2.29. The van der Waals surface area contributed by atoms with Gasteiger partial charge >= 0.3 is 0 Å². The maximum Gasteiger partial charge on any atom is 0.228 e. The normalized spacial score (nSPS) is 14.8. The maximum absolute atomic E-state index is 12.6. The smallest absolute Gasteiger partial charge is 0.228 e. The fourth-order valence-electron chi connectivity index (χ4n) is 4.83. The van der Waals surface area contributed by atoms with Gasteiger partial charge in [0.2, 0.25) is 5.91 Å². The van der Waals surface area contributed by atoms with Gasteiger partial charge in [0, 0.05) is 68.2 Å². The van der Waals surface area contributed by atoms with E-state index in [4.69, 9.17) is 9.72 Å². The van der Waals surface area contributed by atoms with Gasteiger partial charge in [-0.3, -0.25) is 19.7 Å². The Morgan fingerprint density at radius 2 is 1.86 bits per heavy atom. The van der Waals surface area contributed by atoms with E-state index in [0.29, 0.717) is 6.42 Å². The van der Waals surface area contributed by atoms with Crippen LogP contribution < -0.4 is 4.74 Å². The average Bonchev–Trinajstić information content (AvgIpc) is 3.30. The van der Waals surface area contributed by atoms with Crippen LogP contribution >= 0.6 is 0 Å². The largest absolute Gasteiger partial charge is 0.494 e. The molecular weight excluding hydrogens is 464 g/mol. The molecule has 4 heterocycles. The third kappa shape index (κ3) is 5.64. The number of pyridine rings is 2. The molecule has 0 saturated carbocycles. The first-order valence-electron chi connectivity index (χ1n) is 12.7. The number of methoxy groups -OCH3 is 1. The Labute approximate surface area is 217 Å². The van der Waals surface area contributed by atoms with Crippen LogP contribution in [0.1, 0.15) is 37.9 Å². The number of carbonyl (C=O) groups is 1. The predicted octanol–water partition coefficient (Wildman–Crippen LogP) is 4.31. The van der Waals surface area contributed by atoms with Crippen molar-refractivity contribution in [1.82, 2.24) is 29.7 Å². The summed E-state index contributed by atoms with van der Waals surface area (Å²) in [6.07, 6.45) is 6.00. The zero-order chi connectivity index (χ0) is 26.0. The topological polar surface area (TPSA) is 87.2 Å². The van der Waals surface area contributed by atoms with Crippen molar-refractivity contribution in [2.75, 3.05) is 33.3 Å². The third-order valence-electron chi connectivity index (χ3n) is 6.78. The molecule has 1 aliphatic rings.